The van der Waals surface area contributed by atoms with Gasteiger partial charge in [-0.1, -0.05) is 12.2 Å². The van der Waals surface area contributed by atoms with Gasteiger partial charge in [0.2, 0.25) is 0 Å². The molecule has 0 radical (unpaired) electrons. The molecule has 0 amide bonds. The SMILES string of the molecule is Fc1c(F)c(N2CCCCC2)c(F)c(F)c1/C=C/CN1CCOCC1. The quantitative estimate of drug-likeness (QED) is 0.604. The summed E-state index contributed by atoms with van der Waals surface area (Å²) < 4.78 is 62.6. The second-order valence-corrected chi connectivity index (χ2v) is 6.38. The molecule has 1 aromatic rings. The van der Waals surface area contributed by atoms with E-state index in [-0.39, 0.29) is 0 Å². The lowest BCUT2D eigenvalue weighted by atomic mass is 10.1. The third kappa shape index (κ3) is 3.98. The highest BCUT2D eigenvalue weighted by Gasteiger charge is 2.28. The molecular weight excluding hydrogens is 336 g/mol. The van der Waals surface area contributed by atoms with Gasteiger partial charge >= 0.3 is 0 Å². The molecule has 138 valence electrons. The van der Waals surface area contributed by atoms with Crippen LogP contribution in [0.3, 0.4) is 0 Å². The van der Waals surface area contributed by atoms with Crippen LogP contribution in [0.15, 0.2) is 6.08 Å². The summed E-state index contributed by atoms with van der Waals surface area (Å²) in [4.78, 5) is 3.42. The van der Waals surface area contributed by atoms with Crippen LogP contribution in [-0.2, 0) is 4.74 Å². The lowest BCUT2D eigenvalue weighted by molar-refractivity contribution is 0.0435. The van der Waals surface area contributed by atoms with Crippen molar-refractivity contribution in [2.24, 2.45) is 0 Å². The lowest BCUT2D eigenvalue weighted by Crippen LogP contribution is -2.36. The van der Waals surface area contributed by atoms with E-state index in [9.17, 15) is 17.6 Å². The lowest BCUT2D eigenvalue weighted by Gasteiger charge is -2.29. The van der Waals surface area contributed by atoms with E-state index in [2.05, 4.69) is 0 Å². The standard InChI is InChI=1S/C18H22F4N2O/c19-14-13(5-4-6-23-9-11-25-12-10-23)15(20)17(22)18(16(14)21)24-7-2-1-3-8-24/h4-5H,1-3,6-12H2/b5-4+. The summed E-state index contributed by atoms with van der Waals surface area (Å²) in [6.45, 7) is 3.88. The topological polar surface area (TPSA) is 15.7 Å². The zero-order valence-corrected chi connectivity index (χ0v) is 14.0. The zero-order chi connectivity index (χ0) is 17.8. The zero-order valence-electron chi connectivity index (χ0n) is 14.0. The number of rotatable bonds is 4. The Labute approximate surface area is 144 Å². The van der Waals surface area contributed by atoms with Gasteiger partial charge in [0.1, 0.15) is 5.69 Å². The molecule has 2 saturated heterocycles. The fourth-order valence-corrected chi connectivity index (χ4v) is 3.28. The average molecular weight is 358 g/mol. The fourth-order valence-electron chi connectivity index (χ4n) is 3.28. The Balaban J connectivity index is 1.82. The summed E-state index contributed by atoms with van der Waals surface area (Å²) in [5.74, 6) is -5.30. The molecule has 3 nitrogen and oxygen atoms in total. The minimum Gasteiger partial charge on any atom is -0.379 e. The molecular formula is C18H22F4N2O. The summed E-state index contributed by atoms with van der Waals surface area (Å²) in [6, 6.07) is 0. The number of ether oxygens (including phenoxy) is 1. The maximum absolute atomic E-state index is 14.4. The van der Waals surface area contributed by atoms with E-state index in [0.29, 0.717) is 45.9 Å². The van der Waals surface area contributed by atoms with E-state index >= 15 is 0 Å². The molecule has 3 rings (SSSR count). The van der Waals surface area contributed by atoms with Crippen LogP contribution in [0, 0.1) is 23.3 Å². The highest BCUT2D eigenvalue weighted by atomic mass is 19.2. The summed E-state index contributed by atoms with van der Waals surface area (Å²) in [5.41, 5.74) is -1.25. The number of benzene rings is 1. The highest BCUT2D eigenvalue weighted by molar-refractivity contribution is 5.60. The van der Waals surface area contributed by atoms with Gasteiger partial charge in [-0.2, -0.15) is 0 Å². The molecule has 2 heterocycles. The maximum atomic E-state index is 14.4. The van der Waals surface area contributed by atoms with Gasteiger partial charge in [0.15, 0.2) is 23.3 Å². The molecule has 1 aromatic carbocycles. The number of piperidine rings is 1. The number of morpholine rings is 1. The summed E-state index contributed by atoms with van der Waals surface area (Å²) in [7, 11) is 0. The summed E-state index contributed by atoms with van der Waals surface area (Å²) >= 11 is 0. The first-order valence-corrected chi connectivity index (χ1v) is 8.67. The van der Waals surface area contributed by atoms with E-state index < -0.39 is 34.5 Å². The monoisotopic (exact) mass is 358 g/mol. The molecule has 0 aliphatic carbocycles. The normalized spacial score (nSPS) is 19.8. The van der Waals surface area contributed by atoms with Gasteiger partial charge < -0.3 is 9.64 Å². The second-order valence-electron chi connectivity index (χ2n) is 6.38. The minimum absolute atomic E-state index is 0.402. The smallest absolute Gasteiger partial charge is 0.185 e. The predicted octanol–water partition coefficient (Wildman–Crippen LogP) is 3.58. The van der Waals surface area contributed by atoms with Crippen LogP contribution >= 0.6 is 0 Å². The van der Waals surface area contributed by atoms with E-state index in [4.69, 9.17) is 4.74 Å². The van der Waals surface area contributed by atoms with Gasteiger partial charge in [-0.15, -0.1) is 0 Å². The third-order valence-corrected chi connectivity index (χ3v) is 4.70. The van der Waals surface area contributed by atoms with Crippen molar-refractivity contribution >= 4 is 11.8 Å². The van der Waals surface area contributed by atoms with Gasteiger partial charge in [0.05, 0.1) is 18.8 Å². The van der Waals surface area contributed by atoms with Gasteiger partial charge in [-0.25, -0.2) is 17.6 Å². The van der Waals surface area contributed by atoms with Crippen molar-refractivity contribution in [2.75, 3.05) is 50.8 Å². The summed E-state index contributed by atoms with van der Waals surface area (Å²) in [5, 5.41) is 0. The first-order chi connectivity index (χ1) is 12.1. The molecule has 0 spiro atoms. The van der Waals surface area contributed by atoms with Crippen molar-refractivity contribution in [2.45, 2.75) is 19.3 Å². The Morgan fingerprint density at radius 1 is 0.800 bits per heavy atom. The Kier molecular flexibility index (Phi) is 5.96. The molecule has 0 atom stereocenters. The Morgan fingerprint density at radius 3 is 2.00 bits per heavy atom. The van der Waals surface area contributed by atoms with E-state index in [1.807, 2.05) is 4.90 Å². The van der Waals surface area contributed by atoms with Crippen molar-refractivity contribution in [3.63, 3.8) is 0 Å². The first-order valence-electron chi connectivity index (χ1n) is 8.67. The Hall–Kier alpha value is -1.60. The van der Waals surface area contributed by atoms with Gasteiger partial charge in [-0.3, -0.25) is 4.90 Å². The van der Waals surface area contributed by atoms with Gasteiger partial charge in [-0.05, 0) is 19.3 Å². The molecule has 0 bridgehead atoms. The average Bonchev–Trinajstić information content (AvgIpc) is 2.65. The van der Waals surface area contributed by atoms with E-state index in [0.717, 1.165) is 25.3 Å². The van der Waals surface area contributed by atoms with Crippen LogP contribution in [0.1, 0.15) is 24.8 Å². The Bertz CT molecular complexity index is 609. The molecule has 2 aliphatic rings. The fraction of sp³-hybridized carbons (Fsp3) is 0.556. The highest BCUT2D eigenvalue weighted by Crippen LogP contribution is 2.33. The molecule has 0 N–H and O–H groups in total. The summed E-state index contributed by atoms with van der Waals surface area (Å²) in [6.07, 6.45) is 5.10. The second kappa shape index (κ2) is 8.19. The molecule has 0 aromatic heterocycles. The van der Waals surface area contributed by atoms with Crippen LogP contribution in [0.5, 0.6) is 0 Å². The molecule has 0 saturated carbocycles. The van der Waals surface area contributed by atoms with Crippen LogP contribution < -0.4 is 4.90 Å². The molecule has 2 aliphatic heterocycles. The third-order valence-electron chi connectivity index (χ3n) is 4.70. The molecule has 25 heavy (non-hydrogen) atoms. The van der Waals surface area contributed by atoms with Crippen molar-refractivity contribution in [1.82, 2.24) is 4.90 Å². The van der Waals surface area contributed by atoms with E-state index in [1.165, 1.54) is 11.0 Å². The number of anilines is 1. The van der Waals surface area contributed by atoms with Crippen LogP contribution in [0.2, 0.25) is 0 Å². The van der Waals surface area contributed by atoms with Gasteiger partial charge in [0, 0.05) is 32.7 Å². The largest absolute Gasteiger partial charge is 0.379 e. The van der Waals surface area contributed by atoms with Crippen molar-refractivity contribution in [3.05, 3.63) is 34.9 Å². The van der Waals surface area contributed by atoms with Crippen LogP contribution in [0.25, 0.3) is 6.08 Å². The van der Waals surface area contributed by atoms with Crippen LogP contribution in [-0.4, -0.2) is 50.8 Å². The van der Waals surface area contributed by atoms with Crippen LogP contribution in [0.4, 0.5) is 23.2 Å². The number of hydrogen-bond acceptors (Lipinski definition) is 3. The van der Waals surface area contributed by atoms with Crippen molar-refractivity contribution < 1.29 is 22.3 Å². The van der Waals surface area contributed by atoms with Gasteiger partial charge in [0.25, 0.3) is 0 Å². The molecule has 2 fully saturated rings. The number of halogens is 4. The first kappa shape index (κ1) is 18.2. The number of nitrogens with zero attached hydrogens (tertiary/aromatic N) is 2. The van der Waals surface area contributed by atoms with E-state index in [1.54, 1.807) is 0 Å². The van der Waals surface area contributed by atoms with Crippen molar-refractivity contribution in [3.8, 4) is 0 Å². The molecule has 7 heteroatoms. The predicted molar refractivity (Wildman–Crippen MR) is 88.6 cm³/mol. The number of hydrogen-bond donors (Lipinski definition) is 0. The van der Waals surface area contributed by atoms with Crippen molar-refractivity contribution in [1.29, 1.82) is 0 Å². The maximum Gasteiger partial charge on any atom is 0.185 e. The Morgan fingerprint density at radius 2 is 1.40 bits per heavy atom. The minimum atomic E-state index is -1.34. The molecule has 0 unspecified atom stereocenters.